The van der Waals surface area contributed by atoms with E-state index in [9.17, 15) is 9.90 Å². The minimum atomic E-state index is -1.02. The van der Waals surface area contributed by atoms with Gasteiger partial charge >= 0.3 is 0 Å². The summed E-state index contributed by atoms with van der Waals surface area (Å²) in [4.78, 5) is 14.0. The van der Waals surface area contributed by atoms with Crippen LogP contribution in [0.25, 0.3) is 0 Å². The smallest absolute Gasteiger partial charge is 0.191 e. The van der Waals surface area contributed by atoms with E-state index in [1.807, 2.05) is 43.1 Å². The number of Topliss-reactive ketones (excluding diaryl/α,β-unsaturated/α-hetero) is 1. The standard InChI is InChI=1S/C14H16BrNO2/c1-8-9(2)16(3)12(14(18)13(8)17)10-6-4-5-7-11(10)15/h4-7,12,14,18H,1-3H3/t12-,14+/m1/s1. The van der Waals surface area contributed by atoms with Gasteiger partial charge in [0.25, 0.3) is 0 Å². The van der Waals surface area contributed by atoms with E-state index < -0.39 is 6.10 Å². The Morgan fingerprint density at radius 2 is 1.89 bits per heavy atom. The lowest BCUT2D eigenvalue weighted by Gasteiger charge is -2.39. The molecule has 0 amide bonds. The van der Waals surface area contributed by atoms with Crippen LogP contribution in [0.3, 0.4) is 0 Å². The van der Waals surface area contributed by atoms with E-state index in [4.69, 9.17) is 0 Å². The molecular formula is C14H16BrNO2. The third-order valence-corrected chi connectivity index (χ3v) is 4.37. The highest BCUT2D eigenvalue weighted by atomic mass is 79.9. The molecule has 2 rings (SSSR count). The molecule has 0 saturated heterocycles. The van der Waals surface area contributed by atoms with Gasteiger partial charge in [0.1, 0.15) is 6.10 Å². The molecule has 1 aliphatic heterocycles. The average molecular weight is 310 g/mol. The summed E-state index contributed by atoms with van der Waals surface area (Å²) in [5.74, 6) is -0.189. The lowest BCUT2D eigenvalue weighted by atomic mass is 9.89. The van der Waals surface area contributed by atoms with Gasteiger partial charge in [-0.2, -0.15) is 0 Å². The van der Waals surface area contributed by atoms with Gasteiger partial charge in [-0.15, -0.1) is 0 Å². The molecule has 0 aliphatic carbocycles. The van der Waals surface area contributed by atoms with Crippen molar-refractivity contribution in [1.82, 2.24) is 4.90 Å². The number of carbonyl (C=O) groups is 1. The zero-order valence-corrected chi connectivity index (χ0v) is 12.2. The van der Waals surface area contributed by atoms with Crippen LogP contribution in [-0.2, 0) is 4.79 Å². The van der Waals surface area contributed by atoms with Gasteiger partial charge in [0.15, 0.2) is 5.78 Å². The van der Waals surface area contributed by atoms with Crippen molar-refractivity contribution in [3.8, 4) is 0 Å². The molecule has 0 saturated carbocycles. The number of benzene rings is 1. The lowest BCUT2D eigenvalue weighted by molar-refractivity contribution is -0.128. The van der Waals surface area contributed by atoms with Crippen molar-refractivity contribution < 1.29 is 9.90 Å². The van der Waals surface area contributed by atoms with Crippen molar-refractivity contribution in [3.63, 3.8) is 0 Å². The van der Waals surface area contributed by atoms with E-state index in [-0.39, 0.29) is 11.8 Å². The molecule has 0 radical (unpaired) electrons. The number of halogens is 1. The van der Waals surface area contributed by atoms with E-state index >= 15 is 0 Å². The van der Waals surface area contributed by atoms with E-state index in [2.05, 4.69) is 15.9 Å². The van der Waals surface area contributed by atoms with Crippen LogP contribution in [-0.4, -0.2) is 28.9 Å². The first kappa shape index (κ1) is 13.3. The molecular weight excluding hydrogens is 294 g/mol. The van der Waals surface area contributed by atoms with E-state index in [0.29, 0.717) is 5.57 Å². The zero-order valence-electron chi connectivity index (χ0n) is 10.6. The number of nitrogens with zero attached hydrogens (tertiary/aromatic N) is 1. The Labute approximate surface area is 115 Å². The maximum atomic E-state index is 12.0. The molecule has 3 nitrogen and oxygen atoms in total. The quantitative estimate of drug-likeness (QED) is 0.867. The van der Waals surface area contributed by atoms with Gasteiger partial charge in [-0.25, -0.2) is 0 Å². The highest BCUT2D eigenvalue weighted by molar-refractivity contribution is 9.10. The monoisotopic (exact) mass is 309 g/mol. The summed E-state index contributed by atoms with van der Waals surface area (Å²) < 4.78 is 0.904. The molecule has 2 atom stereocenters. The zero-order chi connectivity index (χ0) is 13.4. The molecule has 1 aromatic rings. The van der Waals surface area contributed by atoms with Crippen molar-refractivity contribution >= 4 is 21.7 Å². The number of carbonyl (C=O) groups excluding carboxylic acids is 1. The molecule has 0 spiro atoms. The normalized spacial score (nSPS) is 24.7. The van der Waals surface area contributed by atoms with E-state index in [0.717, 1.165) is 15.7 Å². The number of hydrogen-bond acceptors (Lipinski definition) is 3. The van der Waals surface area contributed by atoms with Crippen LogP contribution in [0, 0.1) is 0 Å². The second kappa shape index (κ2) is 4.86. The van der Waals surface area contributed by atoms with Crippen molar-refractivity contribution in [2.45, 2.75) is 26.0 Å². The minimum Gasteiger partial charge on any atom is -0.382 e. The van der Waals surface area contributed by atoms with Crippen LogP contribution >= 0.6 is 15.9 Å². The maximum Gasteiger partial charge on any atom is 0.191 e. The second-order valence-corrected chi connectivity index (χ2v) is 5.45. The van der Waals surface area contributed by atoms with Crippen LogP contribution < -0.4 is 0 Å². The lowest BCUT2D eigenvalue weighted by Crippen LogP contribution is -2.43. The van der Waals surface area contributed by atoms with Gasteiger partial charge in [-0.05, 0) is 25.5 Å². The molecule has 0 unspecified atom stereocenters. The fraction of sp³-hybridized carbons (Fsp3) is 0.357. The molecule has 0 aromatic heterocycles. The molecule has 1 N–H and O–H groups in total. The first-order chi connectivity index (χ1) is 8.45. The largest absolute Gasteiger partial charge is 0.382 e. The predicted molar refractivity (Wildman–Crippen MR) is 74.0 cm³/mol. The van der Waals surface area contributed by atoms with Crippen LogP contribution in [0.5, 0.6) is 0 Å². The van der Waals surface area contributed by atoms with Crippen LogP contribution in [0.2, 0.25) is 0 Å². The highest BCUT2D eigenvalue weighted by Gasteiger charge is 2.37. The van der Waals surface area contributed by atoms with Crippen molar-refractivity contribution in [2.75, 3.05) is 7.05 Å². The number of rotatable bonds is 1. The SMILES string of the molecule is CC1=C(C)N(C)[C@H](c2ccccc2Br)[C@H](O)C1=O. The highest BCUT2D eigenvalue weighted by Crippen LogP contribution is 2.36. The number of allylic oxidation sites excluding steroid dienone is 1. The van der Waals surface area contributed by atoms with E-state index in [1.54, 1.807) is 6.92 Å². The Kier molecular flexibility index (Phi) is 3.59. The second-order valence-electron chi connectivity index (χ2n) is 4.60. The number of aliphatic hydroxyl groups is 1. The molecule has 0 fully saturated rings. The molecule has 1 heterocycles. The molecule has 18 heavy (non-hydrogen) atoms. The summed E-state index contributed by atoms with van der Waals surface area (Å²) in [5, 5.41) is 10.2. The van der Waals surface area contributed by atoms with Crippen molar-refractivity contribution in [1.29, 1.82) is 0 Å². The van der Waals surface area contributed by atoms with Gasteiger partial charge in [0.05, 0.1) is 6.04 Å². The fourth-order valence-corrected chi connectivity index (χ4v) is 2.84. The third kappa shape index (κ3) is 1.99. The van der Waals surface area contributed by atoms with Crippen molar-refractivity contribution in [2.24, 2.45) is 0 Å². The van der Waals surface area contributed by atoms with Gasteiger partial charge in [-0.3, -0.25) is 4.79 Å². The molecule has 1 aromatic carbocycles. The minimum absolute atomic E-state index is 0.189. The van der Waals surface area contributed by atoms with Crippen LogP contribution in [0.1, 0.15) is 25.5 Å². The fourth-order valence-electron chi connectivity index (χ4n) is 2.32. The summed E-state index contributed by atoms with van der Waals surface area (Å²) in [7, 11) is 1.90. The Morgan fingerprint density at radius 3 is 2.50 bits per heavy atom. The molecule has 0 bridgehead atoms. The van der Waals surface area contributed by atoms with Gasteiger partial charge < -0.3 is 10.0 Å². The number of aliphatic hydroxyl groups excluding tert-OH is 1. The third-order valence-electron chi connectivity index (χ3n) is 3.65. The summed E-state index contributed by atoms with van der Waals surface area (Å²) >= 11 is 3.48. The maximum absolute atomic E-state index is 12.0. The Hall–Kier alpha value is -1.13. The molecule has 4 heteroatoms. The number of likely N-dealkylation sites (N-methyl/N-ethyl adjacent to an activating group) is 1. The van der Waals surface area contributed by atoms with Crippen molar-refractivity contribution in [3.05, 3.63) is 45.6 Å². The Balaban J connectivity index is 2.52. The number of ketones is 1. The molecule has 96 valence electrons. The van der Waals surface area contributed by atoms with Gasteiger partial charge in [0, 0.05) is 22.8 Å². The Bertz CT molecular complexity index is 524. The summed E-state index contributed by atoms with van der Waals surface area (Å²) in [5.41, 5.74) is 2.46. The first-order valence-corrected chi connectivity index (χ1v) is 6.61. The molecule has 1 aliphatic rings. The summed E-state index contributed by atoms with van der Waals surface area (Å²) in [6, 6.07) is 7.33. The summed E-state index contributed by atoms with van der Waals surface area (Å²) in [6.07, 6.45) is -1.02. The van der Waals surface area contributed by atoms with Crippen LogP contribution in [0.4, 0.5) is 0 Å². The first-order valence-electron chi connectivity index (χ1n) is 5.82. The van der Waals surface area contributed by atoms with Crippen LogP contribution in [0.15, 0.2) is 40.0 Å². The predicted octanol–water partition coefficient (Wildman–Crippen LogP) is 2.66. The van der Waals surface area contributed by atoms with E-state index in [1.165, 1.54) is 0 Å². The Morgan fingerprint density at radius 1 is 1.28 bits per heavy atom. The van der Waals surface area contributed by atoms with Gasteiger partial charge in [-0.1, -0.05) is 34.1 Å². The van der Waals surface area contributed by atoms with Gasteiger partial charge in [0.2, 0.25) is 0 Å². The summed E-state index contributed by atoms with van der Waals surface area (Å²) in [6.45, 7) is 3.66. The topological polar surface area (TPSA) is 40.5 Å². The average Bonchev–Trinajstić information content (AvgIpc) is 2.36. The number of hydrogen-bond donors (Lipinski definition) is 1.